The van der Waals surface area contributed by atoms with Crippen LogP contribution in [0.4, 0.5) is 0 Å². The molecule has 4 heteroatoms. The fourth-order valence-corrected chi connectivity index (χ4v) is 2.20. The lowest BCUT2D eigenvalue weighted by Gasteiger charge is -2.28. The van der Waals surface area contributed by atoms with E-state index in [0.29, 0.717) is 12.5 Å². The zero-order valence-electron chi connectivity index (χ0n) is 10.2. The molecule has 2 N–H and O–H groups in total. The van der Waals surface area contributed by atoms with Crippen molar-refractivity contribution in [3.63, 3.8) is 0 Å². The normalized spacial score (nSPS) is 27.4. The smallest absolute Gasteiger partial charge is 0.309 e. The maximum absolute atomic E-state index is 11.1. The van der Waals surface area contributed by atoms with Gasteiger partial charge in [0, 0.05) is 13.1 Å². The fourth-order valence-electron chi connectivity index (χ4n) is 2.20. The summed E-state index contributed by atoms with van der Waals surface area (Å²) in [5.41, 5.74) is 0. The van der Waals surface area contributed by atoms with Crippen molar-refractivity contribution in [1.29, 1.82) is 0 Å². The maximum Gasteiger partial charge on any atom is 0.309 e. The minimum absolute atomic E-state index is 0.120. The summed E-state index contributed by atoms with van der Waals surface area (Å²) in [5.74, 6) is 0.0426. The van der Waals surface area contributed by atoms with E-state index in [1.807, 2.05) is 6.92 Å². The number of carbonyl (C=O) groups is 1. The Bertz CT molecular complexity index is 220. The van der Waals surface area contributed by atoms with Crippen LogP contribution in [0.3, 0.4) is 0 Å². The summed E-state index contributed by atoms with van der Waals surface area (Å²) >= 11 is 0. The molecule has 1 aliphatic rings. The van der Waals surface area contributed by atoms with Gasteiger partial charge in [0.15, 0.2) is 0 Å². The van der Waals surface area contributed by atoms with Crippen molar-refractivity contribution in [3.05, 3.63) is 0 Å². The molecule has 16 heavy (non-hydrogen) atoms. The molecule has 3 atom stereocenters. The SMILES string of the molecule is COC(=O)C(C)CNCC1CCCCC1O. The van der Waals surface area contributed by atoms with Crippen LogP contribution in [0.5, 0.6) is 0 Å². The monoisotopic (exact) mass is 229 g/mol. The van der Waals surface area contributed by atoms with Crippen LogP contribution in [0.1, 0.15) is 32.6 Å². The largest absolute Gasteiger partial charge is 0.469 e. The van der Waals surface area contributed by atoms with Crippen molar-refractivity contribution in [1.82, 2.24) is 5.32 Å². The molecule has 0 spiro atoms. The Morgan fingerprint density at radius 3 is 2.81 bits per heavy atom. The van der Waals surface area contributed by atoms with Crippen LogP contribution >= 0.6 is 0 Å². The third-order valence-electron chi connectivity index (χ3n) is 3.33. The van der Waals surface area contributed by atoms with Gasteiger partial charge < -0.3 is 15.2 Å². The predicted octanol–water partition coefficient (Wildman–Crippen LogP) is 0.936. The van der Waals surface area contributed by atoms with Crippen molar-refractivity contribution < 1.29 is 14.6 Å². The first-order valence-electron chi connectivity index (χ1n) is 6.11. The third-order valence-corrected chi connectivity index (χ3v) is 3.33. The molecule has 1 rings (SSSR count). The standard InChI is InChI=1S/C12H23NO3/c1-9(12(15)16-2)7-13-8-10-5-3-4-6-11(10)14/h9-11,13-14H,3-8H2,1-2H3. The number of esters is 1. The van der Waals surface area contributed by atoms with Gasteiger partial charge in [0.05, 0.1) is 19.1 Å². The quantitative estimate of drug-likeness (QED) is 0.689. The number of carbonyl (C=O) groups excluding carboxylic acids is 1. The molecule has 94 valence electrons. The second-order valence-electron chi connectivity index (χ2n) is 4.69. The summed E-state index contributed by atoms with van der Waals surface area (Å²) in [6, 6.07) is 0. The second kappa shape index (κ2) is 6.86. The van der Waals surface area contributed by atoms with E-state index in [9.17, 15) is 9.90 Å². The van der Waals surface area contributed by atoms with Gasteiger partial charge in [-0.25, -0.2) is 0 Å². The molecule has 4 nitrogen and oxygen atoms in total. The molecule has 1 aliphatic carbocycles. The predicted molar refractivity (Wildman–Crippen MR) is 62.0 cm³/mol. The Kier molecular flexibility index (Phi) is 5.77. The highest BCUT2D eigenvalue weighted by atomic mass is 16.5. The average Bonchev–Trinajstić information content (AvgIpc) is 2.30. The number of rotatable bonds is 5. The van der Waals surface area contributed by atoms with Crippen LogP contribution in [0.15, 0.2) is 0 Å². The van der Waals surface area contributed by atoms with Gasteiger partial charge in [-0.1, -0.05) is 19.8 Å². The summed E-state index contributed by atoms with van der Waals surface area (Å²) < 4.78 is 4.65. The Morgan fingerprint density at radius 2 is 2.19 bits per heavy atom. The highest BCUT2D eigenvalue weighted by Gasteiger charge is 2.23. The highest BCUT2D eigenvalue weighted by molar-refractivity contribution is 5.71. The van der Waals surface area contributed by atoms with E-state index in [1.54, 1.807) is 0 Å². The molecule has 0 aliphatic heterocycles. The van der Waals surface area contributed by atoms with Crippen molar-refractivity contribution >= 4 is 5.97 Å². The molecule has 1 saturated carbocycles. The summed E-state index contributed by atoms with van der Waals surface area (Å²) in [7, 11) is 1.41. The lowest BCUT2D eigenvalue weighted by atomic mass is 9.86. The molecule has 0 aromatic heterocycles. The third kappa shape index (κ3) is 4.10. The average molecular weight is 229 g/mol. The minimum atomic E-state index is -0.184. The molecule has 3 unspecified atom stereocenters. The van der Waals surface area contributed by atoms with E-state index in [0.717, 1.165) is 25.8 Å². The van der Waals surface area contributed by atoms with Gasteiger partial charge in [0.1, 0.15) is 0 Å². The first-order chi connectivity index (χ1) is 7.65. The number of nitrogens with one attached hydrogen (secondary N) is 1. The Labute approximate surface area is 97.4 Å². The number of hydrogen-bond acceptors (Lipinski definition) is 4. The topological polar surface area (TPSA) is 58.6 Å². The first kappa shape index (κ1) is 13.5. The molecule has 0 saturated heterocycles. The Morgan fingerprint density at radius 1 is 1.50 bits per heavy atom. The molecule has 0 aromatic carbocycles. The Hall–Kier alpha value is -0.610. The van der Waals surface area contributed by atoms with E-state index in [-0.39, 0.29) is 18.0 Å². The van der Waals surface area contributed by atoms with Gasteiger partial charge >= 0.3 is 5.97 Å². The fraction of sp³-hybridized carbons (Fsp3) is 0.917. The maximum atomic E-state index is 11.1. The zero-order chi connectivity index (χ0) is 12.0. The van der Waals surface area contributed by atoms with Crippen LogP contribution < -0.4 is 5.32 Å². The van der Waals surface area contributed by atoms with Crippen LogP contribution in [0.2, 0.25) is 0 Å². The first-order valence-corrected chi connectivity index (χ1v) is 6.11. The molecular formula is C12H23NO3. The number of ether oxygens (including phenoxy) is 1. The molecule has 0 amide bonds. The summed E-state index contributed by atoms with van der Waals surface area (Å²) in [4.78, 5) is 11.1. The van der Waals surface area contributed by atoms with Crippen molar-refractivity contribution in [2.75, 3.05) is 20.2 Å². The highest BCUT2D eigenvalue weighted by Crippen LogP contribution is 2.23. The zero-order valence-corrected chi connectivity index (χ0v) is 10.2. The lowest BCUT2D eigenvalue weighted by molar-refractivity contribution is -0.144. The summed E-state index contributed by atoms with van der Waals surface area (Å²) in [5, 5.41) is 13.0. The van der Waals surface area contributed by atoms with E-state index in [4.69, 9.17) is 0 Å². The molecule has 1 fully saturated rings. The number of hydrogen-bond donors (Lipinski definition) is 2. The van der Waals surface area contributed by atoms with Crippen LogP contribution in [-0.4, -0.2) is 37.4 Å². The van der Waals surface area contributed by atoms with Crippen LogP contribution in [0, 0.1) is 11.8 Å². The molecule has 0 heterocycles. The Balaban J connectivity index is 2.16. The minimum Gasteiger partial charge on any atom is -0.469 e. The van der Waals surface area contributed by atoms with Crippen molar-refractivity contribution in [3.8, 4) is 0 Å². The van der Waals surface area contributed by atoms with Gasteiger partial charge in [-0.2, -0.15) is 0 Å². The molecular weight excluding hydrogens is 206 g/mol. The number of methoxy groups -OCH3 is 1. The van der Waals surface area contributed by atoms with Gasteiger partial charge in [0.2, 0.25) is 0 Å². The summed E-state index contributed by atoms with van der Waals surface area (Å²) in [6.45, 7) is 3.26. The van der Waals surface area contributed by atoms with E-state index in [2.05, 4.69) is 10.1 Å². The van der Waals surface area contributed by atoms with Gasteiger partial charge in [-0.05, 0) is 18.8 Å². The van der Waals surface area contributed by atoms with E-state index in [1.165, 1.54) is 13.5 Å². The van der Waals surface area contributed by atoms with Crippen LogP contribution in [-0.2, 0) is 9.53 Å². The van der Waals surface area contributed by atoms with E-state index >= 15 is 0 Å². The number of aliphatic hydroxyl groups is 1. The van der Waals surface area contributed by atoms with Crippen LogP contribution in [0.25, 0.3) is 0 Å². The molecule has 0 bridgehead atoms. The van der Waals surface area contributed by atoms with E-state index < -0.39 is 0 Å². The lowest BCUT2D eigenvalue weighted by Crippen LogP contribution is -2.36. The van der Waals surface area contributed by atoms with Gasteiger partial charge in [0.25, 0.3) is 0 Å². The number of aliphatic hydroxyl groups excluding tert-OH is 1. The van der Waals surface area contributed by atoms with Gasteiger partial charge in [-0.3, -0.25) is 4.79 Å². The molecule has 0 aromatic rings. The van der Waals surface area contributed by atoms with Gasteiger partial charge in [-0.15, -0.1) is 0 Å². The summed E-state index contributed by atoms with van der Waals surface area (Å²) in [6.07, 6.45) is 4.17. The van der Waals surface area contributed by atoms with Crippen molar-refractivity contribution in [2.24, 2.45) is 11.8 Å². The second-order valence-corrected chi connectivity index (χ2v) is 4.69. The molecule has 0 radical (unpaired) electrons. The van der Waals surface area contributed by atoms with Crippen molar-refractivity contribution in [2.45, 2.75) is 38.7 Å².